The molecule has 3 rings (SSSR count). The molecule has 2 heterocycles. The van der Waals surface area contributed by atoms with Crippen molar-refractivity contribution in [3.63, 3.8) is 0 Å². The van der Waals surface area contributed by atoms with Crippen LogP contribution in [0.5, 0.6) is 0 Å². The summed E-state index contributed by atoms with van der Waals surface area (Å²) in [4.78, 5) is 29.8. The Bertz CT molecular complexity index is 532. The van der Waals surface area contributed by atoms with E-state index in [0.29, 0.717) is 6.54 Å². The number of imide groups is 1. The lowest BCUT2D eigenvalue weighted by molar-refractivity contribution is -0.143. The first kappa shape index (κ1) is 14.2. The lowest BCUT2D eigenvalue weighted by atomic mass is 10.1. The highest BCUT2D eigenvalue weighted by Crippen LogP contribution is 2.63. The monoisotopic (exact) mass is 287 g/mol. The first-order valence-electron chi connectivity index (χ1n) is 7.48. The van der Waals surface area contributed by atoms with E-state index in [1.165, 1.54) is 4.90 Å². The largest absolute Gasteiger partial charge is 0.313 e. The van der Waals surface area contributed by atoms with Gasteiger partial charge in [-0.05, 0) is 30.0 Å². The van der Waals surface area contributed by atoms with Crippen molar-refractivity contribution in [2.45, 2.75) is 26.8 Å². The number of nitrogens with zero attached hydrogens (tertiary/aromatic N) is 2. The number of fused-ring (bicyclic) bond motifs is 1. The van der Waals surface area contributed by atoms with Crippen molar-refractivity contribution in [2.24, 2.45) is 17.3 Å². The molecule has 1 N–H and O–H groups in total. The number of hydrogen-bond acceptors (Lipinski definition) is 4. The molecule has 0 radical (unpaired) electrons. The van der Waals surface area contributed by atoms with Gasteiger partial charge in [-0.25, -0.2) is 0 Å². The number of carbonyl (C=O) groups is 2. The Morgan fingerprint density at radius 2 is 2.00 bits per heavy atom. The number of amides is 2. The summed E-state index contributed by atoms with van der Waals surface area (Å²) in [7, 11) is 0. The molecule has 5 heteroatoms. The van der Waals surface area contributed by atoms with Gasteiger partial charge in [0.05, 0.1) is 11.8 Å². The maximum Gasteiger partial charge on any atom is 0.233 e. The number of carbonyl (C=O) groups excluding carboxylic acids is 2. The Labute approximate surface area is 124 Å². The van der Waals surface area contributed by atoms with Gasteiger partial charge in [0.1, 0.15) is 0 Å². The van der Waals surface area contributed by atoms with E-state index in [-0.39, 0.29) is 29.1 Å². The minimum Gasteiger partial charge on any atom is -0.313 e. The van der Waals surface area contributed by atoms with Crippen molar-refractivity contribution in [1.29, 1.82) is 0 Å². The highest BCUT2D eigenvalue weighted by molar-refractivity contribution is 6.10. The van der Waals surface area contributed by atoms with Gasteiger partial charge in [0.15, 0.2) is 0 Å². The van der Waals surface area contributed by atoms with E-state index in [1.54, 1.807) is 6.20 Å². The number of aromatic nitrogens is 1. The van der Waals surface area contributed by atoms with Gasteiger partial charge >= 0.3 is 0 Å². The first-order valence-corrected chi connectivity index (χ1v) is 7.48. The van der Waals surface area contributed by atoms with Gasteiger partial charge in [-0.15, -0.1) is 0 Å². The number of likely N-dealkylation sites (tertiary alicyclic amines) is 1. The lowest BCUT2D eigenvalue weighted by Crippen LogP contribution is -2.37. The number of piperidine rings is 1. The Morgan fingerprint density at radius 1 is 1.29 bits per heavy atom. The van der Waals surface area contributed by atoms with Crippen LogP contribution in [-0.4, -0.2) is 34.8 Å². The Hall–Kier alpha value is -1.75. The van der Waals surface area contributed by atoms with Crippen LogP contribution in [0.2, 0.25) is 0 Å². The van der Waals surface area contributed by atoms with Crippen LogP contribution in [0, 0.1) is 17.3 Å². The number of nitrogens with one attached hydrogen (secondary N) is 1. The van der Waals surface area contributed by atoms with Crippen LogP contribution in [0.4, 0.5) is 0 Å². The summed E-state index contributed by atoms with van der Waals surface area (Å²) >= 11 is 0. The van der Waals surface area contributed by atoms with Crippen molar-refractivity contribution in [2.75, 3.05) is 13.1 Å². The average molecular weight is 287 g/mol. The van der Waals surface area contributed by atoms with Crippen molar-refractivity contribution in [3.8, 4) is 0 Å². The van der Waals surface area contributed by atoms with Crippen molar-refractivity contribution in [3.05, 3.63) is 30.1 Å². The van der Waals surface area contributed by atoms with Crippen LogP contribution >= 0.6 is 0 Å². The molecule has 112 valence electrons. The topological polar surface area (TPSA) is 62.3 Å². The quantitative estimate of drug-likeness (QED) is 0.631. The van der Waals surface area contributed by atoms with Crippen LogP contribution in [0.15, 0.2) is 24.5 Å². The molecule has 2 unspecified atom stereocenters. The first-order chi connectivity index (χ1) is 10.0. The van der Waals surface area contributed by atoms with E-state index in [9.17, 15) is 9.59 Å². The van der Waals surface area contributed by atoms with Crippen molar-refractivity contribution < 1.29 is 9.59 Å². The normalized spacial score (nSPS) is 26.1. The zero-order valence-corrected chi connectivity index (χ0v) is 12.5. The molecule has 2 atom stereocenters. The summed E-state index contributed by atoms with van der Waals surface area (Å²) in [6, 6.07) is 3.93. The van der Waals surface area contributed by atoms with Gasteiger partial charge in [0.2, 0.25) is 11.8 Å². The second kappa shape index (κ2) is 5.22. The average Bonchev–Trinajstić information content (AvgIpc) is 2.94. The highest BCUT2D eigenvalue weighted by Gasteiger charge is 2.72. The Morgan fingerprint density at radius 3 is 2.62 bits per heavy atom. The van der Waals surface area contributed by atoms with Gasteiger partial charge < -0.3 is 5.32 Å². The summed E-state index contributed by atoms with van der Waals surface area (Å²) in [6.45, 7) is 6.08. The Balaban J connectivity index is 1.39. The molecule has 1 saturated heterocycles. The molecule has 1 aromatic rings. The standard InChI is InChI=1S/C16H21N3O2/c1-16(2)12-13(16)15(21)19(14(12)20)8-4-7-18-10-11-5-3-6-17-9-11/h3,5-6,9,12-13,18H,4,7-8,10H2,1-2H3. The second-order valence-corrected chi connectivity index (χ2v) is 6.50. The predicted octanol–water partition coefficient (Wildman–Crippen LogP) is 1.20. The fourth-order valence-corrected chi connectivity index (χ4v) is 3.32. The second-order valence-electron chi connectivity index (χ2n) is 6.50. The van der Waals surface area contributed by atoms with Gasteiger partial charge in [0, 0.05) is 25.5 Å². The molecule has 2 fully saturated rings. The number of hydrogen-bond donors (Lipinski definition) is 1. The molecule has 0 aromatic carbocycles. The van der Waals surface area contributed by atoms with Gasteiger partial charge in [0.25, 0.3) is 0 Å². The summed E-state index contributed by atoms with van der Waals surface area (Å²) in [5, 5.41) is 3.30. The molecule has 0 bridgehead atoms. The van der Waals surface area contributed by atoms with E-state index in [1.807, 2.05) is 32.2 Å². The van der Waals surface area contributed by atoms with Gasteiger partial charge in [-0.3, -0.25) is 19.5 Å². The molecule has 2 amide bonds. The smallest absolute Gasteiger partial charge is 0.233 e. The molecule has 1 aliphatic heterocycles. The number of rotatable bonds is 6. The third-order valence-electron chi connectivity index (χ3n) is 4.68. The van der Waals surface area contributed by atoms with E-state index in [0.717, 1.165) is 25.1 Å². The molecule has 1 aliphatic carbocycles. The molecule has 21 heavy (non-hydrogen) atoms. The zero-order chi connectivity index (χ0) is 15.0. The van der Waals surface area contributed by atoms with Gasteiger partial charge in [-0.1, -0.05) is 19.9 Å². The van der Waals surface area contributed by atoms with Crippen LogP contribution in [0.25, 0.3) is 0 Å². The Kier molecular flexibility index (Phi) is 3.53. The fourth-order valence-electron chi connectivity index (χ4n) is 3.32. The van der Waals surface area contributed by atoms with E-state index in [4.69, 9.17) is 0 Å². The van der Waals surface area contributed by atoms with Crippen LogP contribution < -0.4 is 5.32 Å². The molecule has 5 nitrogen and oxygen atoms in total. The van der Waals surface area contributed by atoms with E-state index < -0.39 is 0 Å². The fraction of sp³-hybridized carbons (Fsp3) is 0.562. The molecule has 2 aliphatic rings. The predicted molar refractivity (Wildman–Crippen MR) is 78.0 cm³/mol. The van der Waals surface area contributed by atoms with E-state index in [2.05, 4.69) is 10.3 Å². The molecular formula is C16H21N3O2. The molecule has 1 saturated carbocycles. The van der Waals surface area contributed by atoms with Crippen molar-refractivity contribution in [1.82, 2.24) is 15.2 Å². The molecule has 0 spiro atoms. The third-order valence-corrected chi connectivity index (χ3v) is 4.68. The maximum absolute atomic E-state index is 12.1. The van der Waals surface area contributed by atoms with E-state index >= 15 is 0 Å². The van der Waals surface area contributed by atoms with Crippen LogP contribution in [0.1, 0.15) is 25.8 Å². The maximum atomic E-state index is 12.1. The third kappa shape index (κ3) is 2.46. The SMILES string of the molecule is CC1(C)C2C(=O)N(CCCNCc3cccnc3)C(=O)C21. The molecular weight excluding hydrogens is 266 g/mol. The highest BCUT2D eigenvalue weighted by atomic mass is 16.2. The number of pyridine rings is 1. The van der Waals surface area contributed by atoms with Crippen molar-refractivity contribution >= 4 is 11.8 Å². The minimum absolute atomic E-state index is 0.0299. The summed E-state index contributed by atoms with van der Waals surface area (Å²) in [5.41, 5.74) is 1.03. The van der Waals surface area contributed by atoms with Gasteiger partial charge in [-0.2, -0.15) is 0 Å². The van der Waals surface area contributed by atoms with Crippen LogP contribution in [-0.2, 0) is 16.1 Å². The lowest BCUT2D eigenvalue weighted by Gasteiger charge is -2.20. The zero-order valence-electron chi connectivity index (χ0n) is 12.5. The minimum atomic E-state index is -0.108. The summed E-state index contributed by atoms with van der Waals surface area (Å²) in [5.74, 6) is -0.0637. The van der Waals surface area contributed by atoms with Crippen LogP contribution in [0.3, 0.4) is 0 Å². The molecule has 1 aromatic heterocycles. The summed E-state index contributed by atoms with van der Waals surface area (Å²) in [6.07, 6.45) is 4.37. The summed E-state index contributed by atoms with van der Waals surface area (Å²) < 4.78 is 0.